The number of hydrogen-bond donors (Lipinski definition) is 0. The molecule has 0 radical (unpaired) electrons. The van der Waals surface area contributed by atoms with E-state index in [0.29, 0.717) is 16.0 Å². The van der Waals surface area contributed by atoms with Gasteiger partial charge in [0.25, 0.3) is 0 Å². The van der Waals surface area contributed by atoms with Crippen LogP contribution in [0.5, 0.6) is 0 Å². The van der Waals surface area contributed by atoms with Crippen molar-refractivity contribution in [2.24, 2.45) is 9.98 Å². The maximum absolute atomic E-state index is 6.25. The van der Waals surface area contributed by atoms with Gasteiger partial charge in [-0.1, -0.05) is 11.6 Å². The Hall–Kier alpha value is -0.580. The summed E-state index contributed by atoms with van der Waals surface area (Å²) in [6.45, 7) is 4.88. The molecule has 0 saturated heterocycles. The molecule has 0 amide bonds. The second-order valence-electron chi connectivity index (χ2n) is 4.97. The first-order valence-electron chi connectivity index (χ1n) is 5.49. The van der Waals surface area contributed by atoms with Gasteiger partial charge in [0.2, 0.25) is 5.29 Å². The highest BCUT2D eigenvalue weighted by Gasteiger charge is 2.37. The van der Waals surface area contributed by atoms with E-state index < -0.39 is 0 Å². The lowest BCUT2D eigenvalue weighted by molar-refractivity contribution is 0.476. The van der Waals surface area contributed by atoms with Crippen LogP contribution < -0.4 is 0 Å². The van der Waals surface area contributed by atoms with E-state index in [9.17, 15) is 0 Å². The Balaban J connectivity index is 2.27. The van der Waals surface area contributed by atoms with E-state index in [0.717, 1.165) is 22.4 Å². The van der Waals surface area contributed by atoms with Gasteiger partial charge in [-0.2, -0.15) is 0 Å². The predicted molar refractivity (Wildman–Crippen MR) is 79.4 cm³/mol. The molecule has 0 atom stereocenters. The van der Waals surface area contributed by atoms with Crippen LogP contribution in [0, 0.1) is 0 Å². The Kier molecular flexibility index (Phi) is 2.74. The van der Waals surface area contributed by atoms with Crippen molar-refractivity contribution in [1.29, 1.82) is 0 Å². The summed E-state index contributed by atoms with van der Waals surface area (Å²) in [6, 6.07) is 3.87. The van der Waals surface area contributed by atoms with Gasteiger partial charge in [-0.25, -0.2) is 4.99 Å². The van der Waals surface area contributed by atoms with E-state index in [1.807, 2.05) is 17.0 Å². The molecule has 0 aliphatic carbocycles. The summed E-state index contributed by atoms with van der Waals surface area (Å²) in [6.07, 6.45) is 0. The summed E-state index contributed by atoms with van der Waals surface area (Å²) in [5, 5.41) is 0.990. The van der Waals surface area contributed by atoms with Gasteiger partial charge < -0.3 is 0 Å². The Bertz CT molecular complexity index is 608. The van der Waals surface area contributed by atoms with Crippen LogP contribution in [0.15, 0.2) is 26.6 Å². The number of rotatable bonds is 0. The van der Waals surface area contributed by atoms with Crippen LogP contribution in [0.4, 0.5) is 5.69 Å². The van der Waals surface area contributed by atoms with Crippen LogP contribution in [0.1, 0.15) is 19.4 Å². The second kappa shape index (κ2) is 3.95. The molecule has 0 fully saturated rings. The van der Waals surface area contributed by atoms with Crippen molar-refractivity contribution in [3.05, 3.63) is 27.2 Å². The lowest BCUT2D eigenvalue weighted by atomic mass is 10.1. The number of amidine groups is 2. The van der Waals surface area contributed by atoms with Crippen molar-refractivity contribution in [2.75, 3.05) is 6.54 Å². The highest BCUT2D eigenvalue weighted by atomic mass is 79.9. The van der Waals surface area contributed by atoms with E-state index in [2.05, 4.69) is 34.8 Å². The van der Waals surface area contributed by atoms with E-state index in [1.54, 1.807) is 0 Å². The smallest absolute Gasteiger partial charge is 0.204 e. The Labute approximate surface area is 124 Å². The van der Waals surface area contributed by atoms with Crippen molar-refractivity contribution >= 4 is 55.9 Å². The average molecular weight is 347 g/mol. The van der Waals surface area contributed by atoms with Crippen molar-refractivity contribution in [1.82, 2.24) is 4.90 Å². The molecule has 0 spiro atoms. The van der Waals surface area contributed by atoms with Crippen molar-refractivity contribution in [2.45, 2.75) is 19.4 Å². The molecule has 6 heteroatoms. The second-order valence-corrected chi connectivity index (χ2v) is 6.54. The third-order valence-electron chi connectivity index (χ3n) is 2.95. The monoisotopic (exact) mass is 345 g/mol. The molecule has 2 heterocycles. The minimum absolute atomic E-state index is 0.161. The largest absolute Gasteiger partial charge is 0.298 e. The van der Waals surface area contributed by atoms with Gasteiger partial charge in [0.1, 0.15) is 5.84 Å². The van der Waals surface area contributed by atoms with Gasteiger partial charge in [0, 0.05) is 10.0 Å². The van der Waals surface area contributed by atoms with E-state index in [4.69, 9.17) is 28.2 Å². The van der Waals surface area contributed by atoms with Crippen LogP contribution in [0.25, 0.3) is 0 Å². The third-order valence-corrected chi connectivity index (χ3v) is 4.51. The van der Waals surface area contributed by atoms with Gasteiger partial charge in [0.05, 0.1) is 22.8 Å². The van der Waals surface area contributed by atoms with Crippen LogP contribution in [-0.2, 0) is 0 Å². The van der Waals surface area contributed by atoms with E-state index in [-0.39, 0.29) is 5.54 Å². The highest BCUT2D eigenvalue weighted by molar-refractivity contribution is 9.10. The molecule has 0 aromatic heterocycles. The molecule has 1 aromatic carbocycles. The van der Waals surface area contributed by atoms with Gasteiger partial charge >= 0.3 is 0 Å². The summed E-state index contributed by atoms with van der Waals surface area (Å²) in [7, 11) is 0. The van der Waals surface area contributed by atoms with Gasteiger partial charge in [-0.05, 0) is 53.5 Å². The van der Waals surface area contributed by atoms with E-state index >= 15 is 0 Å². The predicted octanol–water partition coefficient (Wildman–Crippen LogP) is 4.18. The quantitative estimate of drug-likeness (QED) is 0.647. The first kappa shape index (κ1) is 12.5. The standard InChI is InChI=1S/C12H10BrCl2N3/c1-12(2)5-18-10(17-12)6-3-4-7(13)8(14)9(6)16-11(18)15/h3-4H,5H2,1-2H3. The molecule has 3 rings (SSSR count). The number of benzene rings is 1. The average Bonchev–Trinajstić information content (AvgIpc) is 2.61. The maximum Gasteiger partial charge on any atom is 0.204 e. The lowest BCUT2D eigenvalue weighted by Crippen LogP contribution is -2.37. The summed E-state index contributed by atoms with van der Waals surface area (Å²) >= 11 is 15.9. The van der Waals surface area contributed by atoms with Crippen LogP contribution in [-0.4, -0.2) is 28.1 Å². The zero-order valence-corrected chi connectivity index (χ0v) is 12.9. The number of hydrogen-bond acceptors (Lipinski definition) is 3. The number of fused-ring (bicyclic) bond motifs is 3. The fourth-order valence-corrected chi connectivity index (χ4v) is 2.94. The Morgan fingerprint density at radius 3 is 2.78 bits per heavy atom. The summed E-state index contributed by atoms with van der Waals surface area (Å²) < 4.78 is 0.808. The first-order valence-corrected chi connectivity index (χ1v) is 7.04. The van der Waals surface area contributed by atoms with Gasteiger partial charge in [-0.15, -0.1) is 0 Å². The molecule has 0 saturated carbocycles. The van der Waals surface area contributed by atoms with Crippen molar-refractivity contribution in [3.8, 4) is 0 Å². The normalized spacial score (nSPS) is 20.2. The molecule has 0 unspecified atom stereocenters. The summed E-state index contributed by atoms with van der Waals surface area (Å²) in [5.41, 5.74) is 1.45. The molecule has 2 aliphatic heterocycles. The molecule has 1 aromatic rings. The minimum Gasteiger partial charge on any atom is -0.298 e. The third kappa shape index (κ3) is 1.78. The Morgan fingerprint density at radius 2 is 2.06 bits per heavy atom. The fourth-order valence-electron chi connectivity index (χ4n) is 2.18. The molecule has 2 aliphatic rings. The zero-order chi connectivity index (χ0) is 13.1. The number of halogens is 3. The van der Waals surface area contributed by atoms with Crippen LogP contribution in [0.2, 0.25) is 5.02 Å². The Morgan fingerprint density at radius 1 is 1.33 bits per heavy atom. The molecule has 0 bridgehead atoms. The fraction of sp³-hybridized carbons (Fsp3) is 0.333. The maximum atomic E-state index is 6.25. The summed E-state index contributed by atoms with van der Waals surface area (Å²) in [4.78, 5) is 11.0. The van der Waals surface area contributed by atoms with Crippen molar-refractivity contribution in [3.63, 3.8) is 0 Å². The number of aliphatic imine (C=N–C) groups is 2. The molecule has 3 nitrogen and oxygen atoms in total. The topological polar surface area (TPSA) is 28.0 Å². The van der Waals surface area contributed by atoms with Gasteiger partial charge in [0.15, 0.2) is 0 Å². The van der Waals surface area contributed by atoms with Gasteiger partial charge in [-0.3, -0.25) is 9.89 Å². The van der Waals surface area contributed by atoms with Crippen LogP contribution >= 0.6 is 39.1 Å². The first-order chi connectivity index (χ1) is 8.39. The van der Waals surface area contributed by atoms with E-state index in [1.165, 1.54) is 0 Å². The number of nitrogens with zero attached hydrogens (tertiary/aromatic N) is 3. The molecular formula is C12H10BrCl2N3. The molecule has 0 N–H and O–H groups in total. The zero-order valence-electron chi connectivity index (χ0n) is 9.84. The SMILES string of the molecule is CC1(C)CN2C(Cl)=Nc3c(ccc(Br)c3Cl)C2=N1. The van der Waals surface area contributed by atoms with Crippen LogP contribution in [0.3, 0.4) is 0 Å². The summed E-state index contributed by atoms with van der Waals surface area (Å²) in [5.74, 6) is 0.851. The van der Waals surface area contributed by atoms with Crippen molar-refractivity contribution < 1.29 is 0 Å². The lowest BCUT2D eigenvalue weighted by Gasteiger charge is -2.25. The molecule has 94 valence electrons. The highest BCUT2D eigenvalue weighted by Crippen LogP contribution is 2.41. The minimum atomic E-state index is -0.161. The molecule has 18 heavy (non-hydrogen) atoms. The molecular weight excluding hydrogens is 337 g/mol.